The highest BCUT2D eigenvalue weighted by Crippen LogP contribution is 2.38. The van der Waals surface area contributed by atoms with E-state index in [0.29, 0.717) is 0 Å². The monoisotopic (exact) mass is 309 g/mol. The Labute approximate surface area is 142 Å². The van der Waals surface area contributed by atoms with Crippen LogP contribution >= 0.6 is 0 Å². The smallest absolute Gasteiger partial charge is 0.0448 e. The third kappa shape index (κ3) is 3.29. The standard InChI is InChI=1S/C22H31N/c1-14-10-11-21(19(6)18(14)5)23(22(7,8)9)20-12-15(2)17(4)16(3)13-20/h10-13H,1-9H3. The van der Waals surface area contributed by atoms with Gasteiger partial charge in [0.05, 0.1) is 0 Å². The van der Waals surface area contributed by atoms with Crippen molar-refractivity contribution in [2.75, 3.05) is 4.90 Å². The van der Waals surface area contributed by atoms with Crippen LogP contribution in [0.1, 0.15) is 54.2 Å². The van der Waals surface area contributed by atoms with Crippen LogP contribution in [0.3, 0.4) is 0 Å². The van der Waals surface area contributed by atoms with E-state index in [1.54, 1.807) is 0 Å². The molecule has 0 heterocycles. The first-order valence-electron chi connectivity index (χ1n) is 8.49. The molecule has 0 aliphatic heterocycles. The Morgan fingerprint density at radius 1 is 0.652 bits per heavy atom. The van der Waals surface area contributed by atoms with Crippen LogP contribution in [0.4, 0.5) is 11.4 Å². The van der Waals surface area contributed by atoms with E-state index in [-0.39, 0.29) is 5.54 Å². The van der Waals surface area contributed by atoms with Gasteiger partial charge in [-0.25, -0.2) is 0 Å². The average molecular weight is 309 g/mol. The third-order valence-corrected chi connectivity index (χ3v) is 5.11. The molecular weight excluding hydrogens is 278 g/mol. The number of benzene rings is 2. The normalized spacial score (nSPS) is 11.7. The van der Waals surface area contributed by atoms with Gasteiger partial charge in [0.25, 0.3) is 0 Å². The molecule has 0 amide bonds. The van der Waals surface area contributed by atoms with Crippen molar-refractivity contribution >= 4 is 11.4 Å². The molecule has 0 aromatic heterocycles. The lowest BCUT2D eigenvalue weighted by molar-refractivity contribution is 0.559. The highest BCUT2D eigenvalue weighted by Gasteiger charge is 2.26. The zero-order valence-corrected chi connectivity index (χ0v) is 16.3. The Morgan fingerprint density at radius 3 is 1.65 bits per heavy atom. The number of anilines is 2. The summed E-state index contributed by atoms with van der Waals surface area (Å²) in [6, 6.07) is 9.15. The van der Waals surface area contributed by atoms with E-state index < -0.39 is 0 Å². The SMILES string of the molecule is Cc1cc(N(c2ccc(C)c(C)c2C)C(C)(C)C)cc(C)c1C. The van der Waals surface area contributed by atoms with Gasteiger partial charge in [-0.05, 0) is 114 Å². The first kappa shape index (κ1) is 17.6. The van der Waals surface area contributed by atoms with Crippen LogP contribution in [0.15, 0.2) is 24.3 Å². The van der Waals surface area contributed by atoms with Crippen LogP contribution in [0.2, 0.25) is 0 Å². The predicted molar refractivity (Wildman–Crippen MR) is 103 cm³/mol. The largest absolute Gasteiger partial charge is 0.336 e. The molecule has 0 spiro atoms. The fourth-order valence-electron chi connectivity index (χ4n) is 3.21. The van der Waals surface area contributed by atoms with Crippen molar-refractivity contribution in [2.45, 2.75) is 67.9 Å². The molecule has 0 unspecified atom stereocenters. The van der Waals surface area contributed by atoms with E-state index in [1.807, 2.05) is 0 Å². The molecule has 124 valence electrons. The topological polar surface area (TPSA) is 3.24 Å². The molecule has 0 aliphatic carbocycles. The Kier molecular flexibility index (Phi) is 4.61. The molecule has 0 aliphatic rings. The summed E-state index contributed by atoms with van der Waals surface area (Å²) in [6.07, 6.45) is 0. The van der Waals surface area contributed by atoms with Gasteiger partial charge in [-0.3, -0.25) is 0 Å². The number of hydrogen-bond donors (Lipinski definition) is 0. The molecule has 0 fully saturated rings. The van der Waals surface area contributed by atoms with Crippen molar-refractivity contribution in [3.8, 4) is 0 Å². The maximum absolute atomic E-state index is 2.48. The van der Waals surface area contributed by atoms with Crippen molar-refractivity contribution in [2.24, 2.45) is 0 Å². The molecule has 0 saturated carbocycles. The Morgan fingerprint density at radius 2 is 1.17 bits per heavy atom. The van der Waals surface area contributed by atoms with Crippen molar-refractivity contribution in [3.05, 3.63) is 57.6 Å². The summed E-state index contributed by atoms with van der Waals surface area (Å²) in [4.78, 5) is 2.48. The molecule has 2 aromatic rings. The van der Waals surface area contributed by atoms with Gasteiger partial charge < -0.3 is 4.90 Å². The summed E-state index contributed by atoms with van der Waals surface area (Å²) in [6.45, 7) is 20.1. The third-order valence-electron chi connectivity index (χ3n) is 5.11. The molecular formula is C22H31N. The number of aryl methyl sites for hydroxylation is 3. The Hall–Kier alpha value is -1.76. The quantitative estimate of drug-likeness (QED) is 0.614. The average Bonchev–Trinajstić information content (AvgIpc) is 2.43. The minimum atomic E-state index is 0.0145. The van der Waals surface area contributed by atoms with Gasteiger partial charge in [0.1, 0.15) is 0 Å². The van der Waals surface area contributed by atoms with Crippen LogP contribution in [0.25, 0.3) is 0 Å². The highest BCUT2D eigenvalue weighted by molar-refractivity contribution is 5.71. The Balaban J connectivity index is 2.72. The van der Waals surface area contributed by atoms with Crippen molar-refractivity contribution < 1.29 is 0 Å². The fraction of sp³-hybridized carbons (Fsp3) is 0.455. The lowest BCUT2D eigenvalue weighted by Crippen LogP contribution is -2.38. The van der Waals surface area contributed by atoms with Gasteiger partial charge in [-0.1, -0.05) is 6.07 Å². The highest BCUT2D eigenvalue weighted by atomic mass is 15.2. The molecule has 0 N–H and O–H groups in total. The zero-order valence-electron chi connectivity index (χ0n) is 16.3. The van der Waals surface area contributed by atoms with Crippen LogP contribution in [0, 0.1) is 41.5 Å². The van der Waals surface area contributed by atoms with Gasteiger partial charge in [0.2, 0.25) is 0 Å². The van der Waals surface area contributed by atoms with Crippen molar-refractivity contribution in [3.63, 3.8) is 0 Å². The first-order chi connectivity index (χ1) is 10.5. The summed E-state index contributed by atoms with van der Waals surface area (Å²) in [5.41, 5.74) is 10.8. The Bertz CT molecular complexity index is 709. The zero-order chi connectivity index (χ0) is 17.5. The molecule has 1 nitrogen and oxygen atoms in total. The van der Waals surface area contributed by atoms with Gasteiger partial charge >= 0.3 is 0 Å². The predicted octanol–water partition coefficient (Wildman–Crippen LogP) is 6.47. The lowest BCUT2D eigenvalue weighted by Gasteiger charge is -2.40. The van der Waals surface area contributed by atoms with E-state index in [0.717, 1.165) is 0 Å². The van der Waals surface area contributed by atoms with E-state index in [2.05, 4.69) is 91.5 Å². The van der Waals surface area contributed by atoms with E-state index in [4.69, 9.17) is 0 Å². The first-order valence-corrected chi connectivity index (χ1v) is 8.49. The second-order valence-electron chi connectivity index (χ2n) is 7.86. The van der Waals surface area contributed by atoms with E-state index >= 15 is 0 Å². The molecule has 23 heavy (non-hydrogen) atoms. The summed E-state index contributed by atoms with van der Waals surface area (Å²) < 4.78 is 0. The van der Waals surface area contributed by atoms with Crippen LogP contribution < -0.4 is 4.90 Å². The van der Waals surface area contributed by atoms with Gasteiger partial charge in [-0.15, -0.1) is 0 Å². The van der Waals surface area contributed by atoms with Crippen LogP contribution in [-0.2, 0) is 0 Å². The molecule has 0 bridgehead atoms. The number of rotatable bonds is 2. The van der Waals surface area contributed by atoms with Crippen molar-refractivity contribution in [1.29, 1.82) is 0 Å². The van der Waals surface area contributed by atoms with Gasteiger partial charge in [0.15, 0.2) is 0 Å². The summed E-state index contributed by atoms with van der Waals surface area (Å²) in [5, 5.41) is 0. The maximum Gasteiger partial charge on any atom is 0.0448 e. The number of hydrogen-bond acceptors (Lipinski definition) is 1. The second kappa shape index (κ2) is 6.03. The molecule has 0 atom stereocenters. The fourth-order valence-corrected chi connectivity index (χ4v) is 3.21. The minimum Gasteiger partial charge on any atom is -0.336 e. The summed E-state index contributed by atoms with van der Waals surface area (Å²) >= 11 is 0. The lowest BCUT2D eigenvalue weighted by atomic mass is 9.95. The van der Waals surface area contributed by atoms with E-state index in [1.165, 1.54) is 44.8 Å². The van der Waals surface area contributed by atoms with Gasteiger partial charge in [-0.2, -0.15) is 0 Å². The van der Waals surface area contributed by atoms with Gasteiger partial charge in [0, 0.05) is 16.9 Å². The molecule has 0 radical (unpaired) electrons. The summed E-state index contributed by atoms with van der Waals surface area (Å²) in [5.74, 6) is 0. The second-order valence-corrected chi connectivity index (χ2v) is 7.86. The molecule has 0 saturated heterocycles. The van der Waals surface area contributed by atoms with Crippen LogP contribution in [-0.4, -0.2) is 5.54 Å². The molecule has 2 aromatic carbocycles. The van der Waals surface area contributed by atoms with E-state index in [9.17, 15) is 0 Å². The van der Waals surface area contributed by atoms with Crippen LogP contribution in [0.5, 0.6) is 0 Å². The maximum atomic E-state index is 2.48. The van der Waals surface area contributed by atoms with Crippen molar-refractivity contribution in [1.82, 2.24) is 0 Å². The minimum absolute atomic E-state index is 0.0145. The molecule has 1 heteroatoms. The molecule has 2 rings (SSSR count). The summed E-state index contributed by atoms with van der Waals surface area (Å²) in [7, 11) is 0. The number of nitrogens with zero attached hydrogens (tertiary/aromatic N) is 1.